The lowest BCUT2D eigenvalue weighted by Gasteiger charge is -2.32. The highest BCUT2D eigenvalue weighted by Gasteiger charge is 2.44. The molecule has 2 aliphatic rings. The van der Waals surface area contributed by atoms with Gasteiger partial charge in [-0.1, -0.05) is 42.5 Å². The molecule has 0 radical (unpaired) electrons. The van der Waals surface area contributed by atoms with Crippen molar-refractivity contribution in [2.75, 3.05) is 13.2 Å². The first-order valence-electron chi connectivity index (χ1n) is 9.40. The molecule has 1 N–H and O–H groups in total. The van der Waals surface area contributed by atoms with Crippen LogP contribution < -0.4 is 0 Å². The van der Waals surface area contributed by atoms with Gasteiger partial charge in [0.15, 0.2) is 0 Å². The molecule has 2 aromatic rings. The molecular formula is C21H24FNO3S. The van der Waals surface area contributed by atoms with Gasteiger partial charge in [0, 0.05) is 24.1 Å². The van der Waals surface area contributed by atoms with E-state index < -0.39 is 21.1 Å². The minimum atomic E-state index is -3.54. The molecule has 0 unspecified atom stereocenters. The Morgan fingerprint density at radius 1 is 1.15 bits per heavy atom. The molecule has 1 aliphatic carbocycles. The summed E-state index contributed by atoms with van der Waals surface area (Å²) in [4.78, 5) is 0. The van der Waals surface area contributed by atoms with Crippen molar-refractivity contribution in [2.45, 2.75) is 42.9 Å². The lowest BCUT2D eigenvalue weighted by molar-refractivity contribution is 0.254. The van der Waals surface area contributed by atoms with Gasteiger partial charge >= 0.3 is 0 Å². The van der Waals surface area contributed by atoms with Crippen LogP contribution in [0.25, 0.3) is 0 Å². The van der Waals surface area contributed by atoms with Crippen LogP contribution in [0.2, 0.25) is 0 Å². The molecule has 1 saturated heterocycles. The quantitative estimate of drug-likeness (QED) is 0.851. The monoisotopic (exact) mass is 389 g/mol. The Balaban J connectivity index is 1.57. The number of aliphatic hydroxyl groups is 1. The van der Waals surface area contributed by atoms with Crippen LogP contribution in [0.1, 0.15) is 47.6 Å². The van der Waals surface area contributed by atoms with E-state index in [0.29, 0.717) is 18.5 Å². The first-order valence-corrected chi connectivity index (χ1v) is 10.9. The van der Waals surface area contributed by atoms with Crippen LogP contribution >= 0.6 is 0 Å². The molecule has 1 aliphatic heterocycles. The molecular weight excluding hydrogens is 365 g/mol. The van der Waals surface area contributed by atoms with E-state index in [2.05, 4.69) is 0 Å². The maximum absolute atomic E-state index is 14.7. The van der Waals surface area contributed by atoms with Gasteiger partial charge in [-0.15, -0.1) is 0 Å². The number of nitrogens with zero attached hydrogens (tertiary/aromatic N) is 1. The summed E-state index contributed by atoms with van der Waals surface area (Å²) in [5.41, 5.74) is 1.67. The van der Waals surface area contributed by atoms with Crippen molar-refractivity contribution in [3.8, 4) is 0 Å². The number of halogens is 1. The van der Waals surface area contributed by atoms with Crippen LogP contribution in [-0.4, -0.2) is 31.0 Å². The highest BCUT2D eigenvalue weighted by molar-refractivity contribution is 7.89. The molecule has 6 heteroatoms. The number of hydrogen-bond donors (Lipinski definition) is 1. The fourth-order valence-electron chi connectivity index (χ4n) is 3.97. The van der Waals surface area contributed by atoms with Gasteiger partial charge in [0.05, 0.1) is 6.61 Å². The fraction of sp³-hybridized carbons (Fsp3) is 0.429. The first-order chi connectivity index (χ1) is 13.0. The smallest absolute Gasteiger partial charge is 0.221 e. The van der Waals surface area contributed by atoms with E-state index in [1.807, 2.05) is 36.4 Å². The van der Waals surface area contributed by atoms with Gasteiger partial charge in [0.1, 0.15) is 11.1 Å². The third-order valence-electron chi connectivity index (χ3n) is 5.93. The van der Waals surface area contributed by atoms with Crippen molar-refractivity contribution >= 4 is 10.0 Å². The number of aliphatic hydroxyl groups excluding tert-OH is 1. The van der Waals surface area contributed by atoms with Crippen molar-refractivity contribution in [1.82, 2.24) is 4.31 Å². The molecule has 0 aromatic heterocycles. The second kappa shape index (κ2) is 7.00. The minimum absolute atomic E-state index is 0.0189. The SMILES string of the molecule is O=S1(=O)[C@@H](c2ccccc2)CCCN1Cc1ccc(C2(CO)CC2)cc1F. The van der Waals surface area contributed by atoms with Crippen molar-refractivity contribution < 1.29 is 17.9 Å². The number of hydrogen-bond acceptors (Lipinski definition) is 3. The van der Waals surface area contributed by atoms with Gasteiger partial charge in [-0.2, -0.15) is 4.31 Å². The Morgan fingerprint density at radius 2 is 1.89 bits per heavy atom. The highest BCUT2D eigenvalue weighted by Crippen LogP contribution is 2.48. The van der Waals surface area contributed by atoms with E-state index >= 15 is 0 Å². The van der Waals surface area contributed by atoms with Crippen LogP contribution in [0.15, 0.2) is 48.5 Å². The van der Waals surface area contributed by atoms with Crippen molar-refractivity contribution in [3.63, 3.8) is 0 Å². The van der Waals surface area contributed by atoms with Gasteiger partial charge < -0.3 is 5.11 Å². The standard InChI is InChI=1S/C21H24FNO3S/c22-19-13-18(21(15-24)10-11-21)9-8-17(19)14-23-12-4-7-20(27(23,25)26)16-5-2-1-3-6-16/h1-3,5-6,8-9,13,20,24H,4,7,10-12,14-15H2/t20-/m1/s1. The van der Waals surface area contributed by atoms with Gasteiger partial charge in [-0.25, -0.2) is 12.8 Å². The molecule has 144 valence electrons. The molecule has 2 aromatic carbocycles. The molecule has 4 nitrogen and oxygen atoms in total. The normalized spacial score (nSPS) is 23.9. The molecule has 4 rings (SSSR count). The summed E-state index contributed by atoms with van der Waals surface area (Å²) in [6, 6.07) is 14.2. The Morgan fingerprint density at radius 3 is 2.52 bits per heavy atom. The van der Waals surface area contributed by atoms with E-state index in [1.54, 1.807) is 6.07 Å². The second-order valence-corrected chi connectivity index (χ2v) is 9.78. The van der Waals surface area contributed by atoms with E-state index in [4.69, 9.17) is 0 Å². The fourth-order valence-corrected chi connectivity index (χ4v) is 6.00. The van der Waals surface area contributed by atoms with Crippen LogP contribution in [0.5, 0.6) is 0 Å². The van der Waals surface area contributed by atoms with Crippen LogP contribution in [-0.2, 0) is 22.0 Å². The zero-order valence-electron chi connectivity index (χ0n) is 15.1. The van der Waals surface area contributed by atoms with Crippen molar-refractivity contribution in [3.05, 3.63) is 71.0 Å². The summed E-state index contributed by atoms with van der Waals surface area (Å²) in [7, 11) is -3.54. The number of benzene rings is 2. The molecule has 0 spiro atoms. The molecule has 27 heavy (non-hydrogen) atoms. The van der Waals surface area contributed by atoms with E-state index in [0.717, 1.165) is 30.4 Å². The van der Waals surface area contributed by atoms with Crippen LogP contribution in [0, 0.1) is 5.82 Å². The summed E-state index contributed by atoms with van der Waals surface area (Å²) in [6.45, 7) is 0.475. The first kappa shape index (κ1) is 18.6. The average Bonchev–Trinajstić information content (AvgIpc) is 3.46. The largest absolute Gasteiger partial charge is 0.395 e. The molecule has 0 bridgehead atoms. The summed E-state index contributed by atoms with van der Waals surface area (Å²) in [5, 5.41) is 8.96. The lowest BCUT2D eigenvalue weighted by Crippen LogP contribution is -2.39. The summed E-state index contributed by atoms with van der Waals surface area (Å²) < 4.78 is 42.2. The highest BCUT2D eigenvalue weighted by atomic mass is 32.2. The van der Waals surface area contributed by atoms with E-state index in [-0.39, 0.29) is 18.6 Å². The van der Waals surface area contributed by atoms with E-state index in [9.17, 15) is 17.9 Å². The Kier molecular flexibility index (Phi) is 4.82. The molecule has 0 amide bonds. The lowest BCUT2D eigenvalue weighted by atomic mass is 9.95. The third kappa shape index (κ3) is 3.42. The van der Waals surface area contributed by atoms with E-state index in [1.165, 1.54) is 10.4 Å². The Hall–Kier alpha value is -1.76. The zero-order valence-corrected chi connectivity index (χ0v) is 16.0. The number of rotatable bonds is 5. The molecule has 2 fully saturated rings. The van der Waals surface area contributed by atoms with Gasteiger partial charge in [0.25, 0.3) is 0 Å². The summed E-state index contributed by atoms with van der Waals surface area (Å²) >= 11 is 0. The zero-order chi connectivity index (χ0) is 19.1. The van der Waals surface area contributed by atoms with Gasteiger partial charge in [-0.05, 0) is 42.9 Å². The van der Waals surface area contributed by atoms with Gasteiger partial charge in [0.2, 0.25) is 10.0 Å². The van der Waals surface area contributed by atoms with Crippen molar-refractivity contribution in [1.29, 1.82) is 0 Å². The maximum atomic E-state index is 14.7. The number of sulfonamides is 1. The third-order valence-corrected chi connectivity index (χ3v) is 8.19. The molecule has 1 atom stereocenters. The summed E-state index contributed by atoms with van der Waals surface area (Å²) in [6.07, 6.45) is 3.07. The average molecular weight is 389 g/mol. The Labute approximate surface area is 159 Å². The predicted molar refractivity (Wildman–Crippen MR) is 102 cm³/mol. The second-order valence-electron chi connectivity index (χ2n) is 7.66. The summed E-state index contributed by atoms with van der Waals surface area (Å²) in [5.74, 6) is -0.399. The Bertz CT molecular complexity index is 926. The maximum Gasteiger partial charge on any atom is 0.221 e. The molecule has 1 heterocycles. The predicted octanol–water partition coefficient (Wildman–Crippen LogP) is 3.52. The van der Waals surface area contributed by atoms with Gasteiger partial charge in [-0.3, -0.25) is 0 Å². The van der Waals surface area contributed by atoms with Crippen molar-refractivity contribution in [2.24, 2.45) is 0 Å². The topological polar surface area (TPSA) is 57.6 Å². The van der Waals surface area contributed by atoms with Crippen LogP contribution in [0.4, 0.5) is 4.39 Å². The van der Waals surface area contributed by atoms with Crippen LogP contribution in [0.3, 0.4) is 0 Å². The minimum Gasteiger partial charge on any atom is -0.395 e. The molecule has 1 saturated carbocycles.